The number of ether oxygens (including phenoxy) is 3. The van der Waals surface area contributed by atoms with Gasteiger partial charge in [0, 0.05) is 24.2 Å². The maximum absolute atomic E-state index is 12.4. The predicted octanol–water partition coefficient (Wildman–Crippen LogP) is 3.05. The fourth-order valence-corrected chi connectivity index (χ4v) is 3.00. The number of carbonyl (C=O) groups is 1. The molecule has 26 heavy (non-hydrogen) atoms. The van der Waals surface area contributed by atoms with Crippen molar-refractivity contribution in [3.05, 3.63) is 53.7 Å². The first-order valence-corrected chi connectivity index (χ1v) is 8.27. The molecule has 0 spiro atoms. The molecule has 0 radical (unpaired) electrons. The van der Waals surface area contributed by atoms with E-state index >= 15 is 0 Å². The van der Waals surface area contributed by atoms with Gasteiger partial charge in [-0.2, -0.15) is 0 Å². The van der Waals surface area contributed by atoms with Gasteiger partial charge in [0.25, 0.3) is 0 Å². The molecule has 0 aliphatic heterocycles. The van der Waals surface area contributed by atoms with Crippen LogP contribution in [0, 0.1) is 0 Å². The maximum atomic E-state index is 12.4. The molecule has 0 unspecified atom stereocenters. The zero-order valence-corrected chi connectivity index (χ0v) is 15.1. The summed E-state index contributed by atoms with van der Waals surface area (Å²) in [6.45, 7) is 0.496. The molecule has 0 aliphatic carbocycles. The molecular formula is C20H22N2O4. The number of methoxy groups -OCH3 is 3. The van der Waals surface area contributed by atoms with Crippen molar-refractivity contribution in [2.45, 2.75) is 13.0 Å². The lowest BCUT2D eigenvalue weighted by Gasteiger charge is -2.14. The topological polar surface area (TPSA) is 72.6 Å². The molecule has 136 valence electrons. The van der Waals surface area contributed by atoms with Crippen LogP contribution in [0.4, 0.5) is 0 Å². The summed E-state index contributed by atoms with van der Waals surface area (Å²) in [4.78, 5) is 15.6. The SMILES string of the molecule is COc1cc2[nH]cc(CC(=O)NCc3ccccc3)c2c(OC)c1OC. The van der Waals surface area contributed by atoms with E-state index in [-0.39, 0.29) is 12.3 Å². The molecule has 0 aliphatic rings. The molecule has 3 rings (SSSR count). The molecule has 2 aromatic carbocycles. The lowest BCUT2D eigenvalue weighted by molar-refractivity contribution is -0.120. The van der Waals surface area contributed by atoms with E-state index in [1.165, 1.54) is 0 Å². The summed E-state index contributed by atoms with van der Waals surface area (Å²) in [6, 6.07) is 11.6. The summed E-state index contributed by atoms with van der Waals surface area (Å²) in [7, 11) is 4.71. The highest BCUT2D eigenvalue weighted by Gasteiger charge is 2.20. The number of fused-ring (bicyclic) bond motifs is 1. The van der Waals surface area contributed by atoms with Crippen molar-refractivity contribution in [1.29, 1.82) is 0 Å². The van der Waals surface area contributed by atoms with Crippen molar-refractivity contribution >= 4 is 16.8 Å². The number of rotatable bonds is 7. The first kappa shape index (κ1) is 17.7. The van der Waals surface area contributed by atoms with E-state index in [4.69, 9.17) is 14.2 Å². The third kappa shape index (κ3) is 3.44. The Morgan fingerprint density at radius 2 is 1.77 bits per heavy atom. The molecule has 1 amide bonds. The van der Waals surface area contributed by atoms with Gasteiger partial charge in [-0.25, -0.2) is 0 Å². The molecule has 0 bridgehead atoms. The van der Waals surface area contributed by atoms with Crippen LogP contribution in [0.5, 0.6) is 17.2 Å². The number of nitrogens with one attached hydrogen (secondary N) is 2. The Balaban J connectivity index is 1.85. The number of carbonyl (C=O) groups excluding carboxylic acids is 1. The highest BCUT2D eigenvalue weighted by atomic mass is 16.5. The lowest BCUT2D eigenvalue weighted by atomic mass is 10.1. The zero-order chi connectivity index (χ0) is 18.5. The van der Waals surface area contributed by atoms with Gasteiger partial charge in [0.15, 0.2) is 11.5 Å². The van der Waals surface area contributed by atoms with Gasteiger partial charge in [-0.3, -0.25) is 4.79 Å². The van der Waals surface area contributed by atoms with E-state index in [1.807, 2.05) is 42.6 Å². The van der Waals surface area contributed by atoms with Crippen molar-refractivity contribution in [2.75, 3.05) is 21.3 Å². The van der Waals surface area contributed by atoms with Crippen LogP contribution in [0.2, 0.25) is 0 Å². The molecule has 6 nitrogen and oxygen atoms in total. The normalized spacial score (nSPS) is 10.6. The monoisotopic (exact) mass is 354 g/mol. The van der Waals surface area contributed by atoms with E-state index in [0.29, 0.717) is 23.8 Å². The quantitative estimate of drug-likeness (QED) is 0.684. The van der Waals surface area contributed by atoms with Crippen LogP contribution < -0.4 is 19.5 Å². The molecule has 3 aromatic rings. The first-order valence-electron chi connectivity index (χ1n) is 8.27. The number of hydrogen-bond donors (Lipinski definition) is 2. The van der Waals surface area contributed by atoms with Crippen LogP contribution in [-0.4, -0.2) is 32.2 Å². The third-order valence-electron chi connectivity index (χ3n) is 4.24. The maximum Gasteiger partial charge on any atom is 0.224 e. The van der Waals surface area contributed by atoms with Crippen LogP contribution in [0.3, 0.4) is 0 Å². The van der Waals surface area contributed by atoms with Crippen LogP contribution >= 0.6 is 0 Å². The van der Waals surface area contributed by atoms with Gasteiger partial charge in [0.1, 0.15) is 0 Å². The van der Waals surface area contributed by atoms with Crippen LogP contribution in [0.15, 0.2) is 42.6 Å². The second-order valence-corrected chi connectivity index (χ2v) is 5.82. The summed E-state index contributed by atoms with van der Waals surface area (Å²) in [5.41, 5.74) is 2.72. The molecule has 0 saturated carbocycles. The Labute approximate surface area is 152 Å². The second-order valence-electron chi connectivity index (χ2n) is 5.82. The first-order chi connectivity index (χ1) is 12.7. The van der Waals surface area contributed by atoms with Gasteiger partial charge in [0.2, 0.25) is 11.7 Å². The van der Waals surface area contributed by atoms with E-state index in [0.717, 1.165) is 22.0 Å². The lowest BCUT2D eigenvalue weighted by Crippen LogP contribution is -2.24. The summed E-state index contributed by atoms with van der Waals surface area (Å²) in [5.74, 6) is 1.56. The Bertz CT molecular complexity index is 903. The Morgan fingerprint density at radius 3 is 2.42 bits per heavy atom. The molecule has 0 saturated heterocycles. The summed E-state index contributed by atoms with van der Waals surface area (Å²) in [5, 5.41) is 3.76. The minimum absolute atomic E-state index is 0.0633. The minimum Gasteiger partial charge on any atom is -0.493 e. The highest BCUT2D eigenvalue weighted by molar-refractivity contribution is 5.96. The number of H-pyrrole nitrogens is 1. The zero-order valence-electron chi connectivity index (χ0n) is 15.1. The van der Waals surface area contributed by atoms with Gasteiger partial charge >= 0.3 is 0 Å². The number of amides is 1. The highest BCUT2D eigenvalue weighted by Crippen LogP contribution is 2.44. The second kappa shape index (κ2) is 7.82. The van der Waals surface area contributed by atoms with E-state index < -0.39 is 0 Å². The van der Waals surface area contributed by atoms with Crippen LogP contribution in [0.1, 0.15) is 11.1 Å². The number of benzene rings is 2. The molecule has 0 atom stereocenters. The Morgan fingerprint density at radius 1 is 1.04 bits per heavy atom. The Kier molecular flexibility index (Phi) is 5.31. The smallest absolute Gasteiger partial charge is 0.224 e. The average Bonchev–Trinajstić information content (AvgIpc) is 3.07. The number of hydrogen-bond acceptors (Lipinski definition) is 4. The predicted molar refractivity (Wildman–Crippen MR) is 99.9 cm³/mol. The van der Waals surface area contributed by atoms with Crippen molar-refractivity contribution in [3.8, 4) is 17.2 Å². The molecule has 1 aromatic heterocycles. The van der Waals surface area contributed by atoms with Crippen molar-refractivity contribution in [3.63, 3.8) is 0 Å². The fourth-order valence-electron chi connectivity index (χ4n) is 3.00. The third-order valence-corrected chi connectivity index (χ3v) is 4.24. The number of aromatic amines is 1. The van der Waals surface area contributed by atoms with Crippen LogP contribution in [-0.2, 0) is 17.8 Å². The summed E-state index contributed by atoms with van der Waals surface area (Å²) < 4.78 is 16.3. The largest absolute Gasteiger partial charge is 0.493 e. The molecule has 0 fully saturated rings. The van der Waals surface area contributed by atoms with E-state index in [1.54, 1.807) is 21.3 Å². The summed E-state index contributed by atoms with van der Waals surface area (Å²) >= 11 is 0. The van der Waals surface area contributed by atoms with Crippen molar-refractivity contribution < 1.29 is 19.0 Å². The minimum atomic E-state index is -0.0633. The van der Waals surface area contributed by atoms with Crippen molar-refractivity contribution in [1.82, 2.24) is 10.3 Å². The van der Waals surface area contributed by atoms with Gasteiger partial charge < -0.3 is 24.5 Å². The summed E-state index contributed by atoms with van der Waals surface area (Å²) in [6.07, 6.45) is 2.05. The molecule has 2 N–H and O–H groups in total. The van der Waals surface area contributed by atoms with Crippen molar-refractivity contribution in [2.24, 2.45) is 0 Å². The van der Waals surface area contributed by atoms with E-state index in [9.17, 15) is 4.79 Å². The molecular weight excluding hydrogens is 332 g/mol. The van der Waals surface area contributed by atoms with Gasteiger partial charge in [0.05, 0.1) is 33.3 Å². The van der Waals surface area contributed by atoms with E-state index in [2.05, 4.69) is 10.3 Å². The number of aromatic nitrogens is 1. The van der Waals surface area contributed by atoms with Gasteiger partial charge in [-0.15, -0.1) is 0 Å². The average molecular weight is 354 g/mol. The Hall–Kier alpha value is -3.15. The molecule has 1 heterocycles. The van der Waals surface area contributed by atoms with Gasteiger partial charge in [-0.05, 0) is 11.1 Å². The standard InChI is InChI=1S/C20H22N2O4/c1-24-16-10-15-18(20(26-3)19(16)25-2)14(12-21-15)9-17(23)22-11-13-7-5-4-6-8-13/h4-8,10,12,21H,9,11H2,1-3H3,(H,22,23). The molecule has 6 heteroatoms. The fraction of sp³-hybridized carbons (Fsp3) is 0.250. The van der Waals surface area contributed by atoms with Crippen LogP contribution in [0.25, 0.3) is 10.9 Å². The van der Waals surface area contributed by atoms with Gasteiger partial charge in [-0.1, -0.05) is 30.3 Å².